The maximum atomic E-state index is 12.6. The fourth-order valence-corrected chi connectivity index (χ4v) is 4.45. The molecule has 0 heterocycles. The lowest BCUT2D eigenvalue weighted by Crippen LogP contribution is -2.27. The van der Waals surface area contributed by atoms with E-state index in [1.165, 1.54) is 0 Å². The van der Waals surface area contributed by atoms with E-state index in [-0.39, 0.29) is 22.9 Å². The molecule has 3 aromatic carbocycles. The molecule has 6 nitrogen and oxygen atoms in total. The zero-order chi connectivity index (χ0) is 23.1. The molecule has 0 spiro atoms. The first-order valence-corrected chi connectivity index (χ1v) is 12.1. The molecule has 0 saturated carbocycles. The monoisotopic (exact) mass is 470 g/mol. The number of hydrogen-bond acceptors (Lipinski definition) is 4. The fraction of sp³-hybridized carbons (Fsp3) is 0.167. The van der Waals surface area contributed by atoms with Gasteiger partial charge >= 0.3 is 0 Å². The van der Waals surface area contributed by atoms with E-state index in [1.54, 1.807) is 48.5 Å². The van der Waals surface area contributed by atoms with Gasteiger partial charge in [-0.1, -0.05) is 65.7 Å². The van der Waals surface area contributed by atoms with Gasteiger partial charge in [-0.15, -0.1) is 0 Å². The Kier molecular flexibility index (Phi) is 7.66. The van der Waals surface area contributed by atoms with Crippen molar-refractivity contribution in [2.24, 2.45) is 0 Å². The van der Waals surface area contributed by atoms with Crippen molar-refractivity contribution in [1.82, 2.24) is 5.32 Å². The Morgan fingerprint density at radius 1 is 0.875 bits per heavy atom. The number of carbonyl (C=O) groups is 2. The molecule has 2 N–H and O–H groups in total. The Balaban J connectivity index is 1.63. The van der Waals surface area contributed by atoms with Gasteiger partial charge in [0.1, 0.15) is 5.75 Å². The molecule has 0 unspecified atom stereocenters. The lowest BCUT2D eigenvalue weighted by atomic mass is 10.1. The van der Waals surface area contributed by atoms with Crippen molar-refractivity contribution in [1.29, 1.82) is 0 Å². The minimum Gasteiger partial charge on any atom is -0.348 e. The molecule has 0 fully saturated rings. The molecule has 0 radical (unpaired) electrons. The van der Waals surface area contributed by atoms with Gasteiger partial charge in [0.2, 0.25) is 5.91 Å². The van der Waals surface area contributed by atoms with E-state index in [1.807, 2.05) is 31.2 Å². The highest BCUT2D eigenvalue weighted by atomic mass is 35.5. The SMILES string of the molecule is Cc1ccc(CNC(=O)c2ccccc2NC(=O)CS(=O)(=O)Cc2ccc(Cl)cc2)cc1. The van der Waals surface area contributed by atoms with Gasteiger partial charge in [0, 0.05) is 11.6 Å². The number of amides is 2. The third-order valence-corrected chi connectivity index (χ3v) is 6.40. The van der Waals surface area contributed by atoms with E-state index in [0.717, 1.165) is 11.1 Å². The zero-order valence-electron chi connectivity index (χ0n) is 17.5. The quantitative estimate of drug-likeness (QED) is 0.517. The van der Waals surface area contributed by atoms with E-state index in [4.69, 9.17) is 11.6 Å². The van der Waals surface area contributed by atoms with Crippen LogP contribution in [-0.2, 0) is 26.9 Å². The van der Waals surface area contributed by atoms with Crippen LogP contribution in [0.1, 0.15) is 27.0 Å². The molecule has 32 heavy (non-hydrogen) atoms. The molecular weight excluding hydrogens is 448 g/mol. The molecule has 0 aliphatic heterocycles. The molecule has 0 saturated heterocycles. The van der Waals surface area contributed by atoms with E-state index in [2.05, 4.69) is 10.6 Å². The van der Waals surface area contributed by atoms with Gasteiger partial charge in [0.15, 0.2) is 9.84 Å². The van der Waals surface area contributed by atoms with Gasteiger partial charge in [-0.2, -0.15) is 0 Å². The number of para-hydroxylation sites is 1. The Bertz CT molecular complexity index is 1210. The maximum absolute atomic E-state index is 12.6. The summed E-state index contributed by atoms with van der Waals surface area (Å²) < 4.78 is 24.8. The number of anilines is 1. The number of hydrogen-bond donors (Lipinski definition) is 2. The third kappa shape index (κ3) is 6.93. The summed E-state index contributed by atoms with van der Waals surface area (Å²) in [5, 5.41) is 5.86. The number of nitrogens with one attached hydrogen (secondary N) is 2. The van der Waals surface area contributed by atoms with Crippen molar-refractivity contribution in [3.05, 3.63) is 100 Å². The number of rotatable bonds is 8. The molecule has 0 aliphatic carbocycles. The molecule has 0 atom stereocenters. The Labute approximate surface area is 192 Å². The second kappa shape index (κ2) is 10.4. The minimum absolute atomic E-state index is 0.251. The van der Waals surface area contributed by atoms with Gasteiger partial charge in [0.25, 0.3) is 5.91 Å². The smallest absolute Gasteiger partial charge is 0.253 e. The Morgan fingerprint density at radius 3 is 2.19 bits per heavy atom. The number of sulfone groups is 1. The average Bonchev–Trinajstić information content (AvgIpc) is 2.74. The summed E-state index contributed by atoms with van der Waals surface area (Å²) in [6, 6.07) is 20.6. The highest BCUT2D eigenvalue weighted by Crippen LogP contribution is 2.17. The summed E-state index contributed by atoms with van der Waals surface area (Å²) >= 11 is 5.82. The van der Waals surface area contributed by atoms with Gasteiger partial charge in [0.05, 0.1) is 17.0 Å². The van der Waals surface area contributed by atoms with Crippen LogP contribution in [0.4, 0.5) is 5.69 Å². The second-order valence-electron chi connectivity index (χ2n) is 7.42. The summed E-state index contributed by atoms with van der Waals surface area (Å²) in [7, 11) is -3.71. The molecule has 8 heteroatoms. The molecule has 3 aromatic rings. The van der Waals surface area contributed by atoms with Crippen LogP contribution >= 0.6 is 11.6 Å². The summed E-state index contributed by atoms with van der Waals surface area (Å²) in [5.41, 5.74) is 3.11. The average molecular weight is 471 g/mol. The number of carbonyl (C=O) groups excluding carboxylic acids is 2. The van der Waals surface area contributed by atoms with Crippen LogP contribution in [0, 0.1) is 6.92 Å². The summed E-state index contributed by atoms with van der Waals surface area (Å²) in [4.78, 5) is 25.1. The Hall–Kier alpha value is -3.16. The first-order chi connectivity index (χ1) is 15.2. The second-order valence-corrected chi connectivity index (χ2v) is 9.92. The first-order valence-electron chi connectivity index (χ1n) is 9.89. The predicted molar refractivity (Wildman–Crippen MR) is 126 cm³/mol. The van der Waals surface area contributed by atoms with Crippen LogP contribution < -0.4 is 10.6 Å². The van der Waals surface area contributed by atoms with Crippen LogP contribution in [0.3, 0.4) is 0 Å². The van der Waals surface area contributed by atoms with E-state index < -0.39 is 21.5 Å². The van der Waals surface area contributed by atoms with Crippen molar-refractivity contribution < 1.29 is 18.0 Å². The predicted octanol–water partition coefficient (Wildman–Crippen LogP) is 4.13. The molecule has 166 valence electrons. The summed E-state index contributed by atoms with van der Waals surface area (Å²) in [6.07, 6.45) is 0. The number of aryl methyl sites for hydroxylation is 1. The van der Waals surface area contributed by atoms with Gasteiger partial charge in [-0.05, 0) is 42.3 Å². The zero-order valence-corrected chi connectivity index (χ0v) is 19.0. The highest BCUT2D eigenvalue weighted by Gasteiger charge is 2.19. The van der Waals surface area contributed by atoms with Crippen LogP contribution in [0.25, 0.3) is 0 Å². The molecule has 3 rings (SSSR count). The highest BCUT2D eigenvalue weighted by molar-refractivity contribution is 7.91. The fourth-order valence-electron chi connectivity index (χ4n) is 3.05. The topological polar surface area (TPSA) is 92.3 Å². The molecule has 2 amide bonds. The number of benzene rings is 3. The van der Waals surface area contributed by atoms with Gasteiger partial charge in [-0.3, -0.25) is 9.59 Å². The van der Waals surface area contributed by atoms with E-state index in [0.29, 0.717) is 17.1 Å². The molecule has 0 aromatic heterocycles. The normalized spacial score (nSPS) is 11.1. The standard InChI is InChI=1S/C24H23ClN2O4S/c1-17-6-8-18(9-7-17)14-26-24(29)21-4-2-3-5-22(21)27-23(28)16-32(30,31)15-19-10-12-20(25)13-11-19/h2-13H,14-16H2,1H3,(H,26,29)(H,27,28). The lowest BCUT2D eigenvalue weighted by molar-refractivity contribution is -0.113. The molecule has 0 bridgehead atoms. The maximum Gasteiger partial charge on any atom is 0.253 e. The Morgan fingerprint density at radius 2 is 1.50 bits per heavy atom. The van der Waals surface area contributed by atoms with Crippen molar-refractivity contribution in [2.45, 2.75) is 19.2 Å². The van der Waals surface area contributed by atoms with Crippen molar-refractivity contribution in [2.75, 3.05) is 11.1 Å². The summed E-state index contributed by atoms with van der Waals surface area (Å²) in [6.45, 7) is 2.31. The van der Waals surface area contributed by atoms with Gasteiger partial charge < -0.3 is 10.6 Å². The lowest BCUT2D eigenvalue weighted by Gasteiger charge is -2.12. The van der Waals surface area contributed by atoms with Crippen molar-refractivity contribution in [3.63, 3.8) is 0 Å². The van der Waals surface area contributed by atoms with Crippen LogP contribution in [-0.4, -0.2) is 26.0 Å². The van der Waals surface area contributed by atoms with Crippen molar-refractivity contribution >= 4 is 38.9 Å². The largest absolute Gasteiger partial charge is 0.348 e. The minimum atomic E-state index is -3.71. The van der Waals surface area contributed by atoms with Crippen LogP contribution in [0.15, 0.2) is 72.8 Å². The summed E-state index contributed by atoms with van der Waals surface area (Å²) in [5.74, 6) is -2.06. The first kappa shape index (κ1) is 23.5. The molecule has 0 aliphatic rings. The third-order valence-electron chi connectivity index (χ3n) is 4.67. The van der Waals surface area contributed by atoms with E-state index >= 15 is 0 Å². The van der Waals surface area contributed by atoms with E-state index in [9.17, 15) is 18.0 Å². The van der Waals surface area contributed by atoms with Gasteiger partial charge in [-0.25, -0.2) is 8.42 Å². The van der Waals surface area contributed by atoms with Crippen LogP contribution in [0.5, 0.6) is 0 Å². The molecular formula is C24H23ClN2O4S. The number of halogens is 1. The van der Waals surface area contributed by atoms with Crippen molar-refractivity contribution in [3.8, 4) is 0 Å². The van der Waals surface area contributed by atoms with Crippen LogP contribution in [0.2, 0.25) is 5.02 Å².